The summed E-state index contributed by atoms with van der Waals surface area (Å²) in [4.78, 5) is 25.2. The van der Waals surface area contributed by atoms with Crippen LogP contribution < -0.4 is 5.32 Å². The molecule has 116 valence electrons. The van der Waals surface area contributed by atoms with Crippen LogP contribution in [0.15, 0.2) is 0 Å². The van der Waals surface area contributed by atoms with Gasteiger partial charge in [0.1, 0.15) is 0 Å². The number of carboxylic acid groups (broad SMARTS) is 1. The average Bonchev–Trinajstić information content (AvgIpc) is 2.91. The molecule has 1 amide bonds. The Morgan fingerprint density at radius 3 is 2.30 bits per heavy atom. The van der Waals surface area contributed by atoms with Crippen molar-refractivity contribution in [3.05, 3.63) is 0 Å². The molecule has 20 heavy (non-hydrogen) atoms. The van der Waals surface area contributed by atoms with Crippen molar-refractivity contribution >= 4 is 11.9 Å². The minimum atomic E-state index is -0.867. The number of nitrogens with zero attached hydrogens (tertiary/aromatic N) is 1. The smallest absolute Gasteiger partial charge is 0.307 e. The number of hydrogen-bond donors (Lipinski definition) is 2. The Morgan fingerprint density at radius 1 is 1.25 bits per heavy atom. The molecule has 1 fully saturated rings. The lowest BCUT2D eigenvalue weighted by atomic mass is 10.1. The first-order valence-electron chi connectivity index (χ1n) is 7.40. The third-order valence-electron chi connectivity index (χ3n) is 4.49. The van der Waals surface area contributed by atoms with E-state index in [0.29, 0.717) is 12.6 Å². The number of nitrogens with one attached hydrogen (secondary N) is 1. The van der Waals surface area contributed by atoms with Crippen LogP contribution in [-0.4, -0.2) is 48.1 Å². The minimum Gasteiger partial charge on any atom is -0.481 e. The number of carbonyl (C=O) groups is 2. The molecule has 2 atom stereocenters. The Hall–Kier alpha value is -1.10. The highest BCUT2D eigenvalue weighted by Gasteiger charge is 2.65. The predicted octanol–water partition coefficient (Wildman–Crippen LogP) is 1.58. The molecule has 0 radical (unpaired) electrons. The first kappa shape index (κ1) is 17.0. The number of unbranched alkanes of at least 4 members (excludes halogenated alkanes) is 1. The molecular weight excluding hydrogens is 256 g/mol. The van der Waals surface area contributed by atoms with Crippen molar-refractivity contribution in [1.82, 2.24) is 10.2 Å². The Balaban J connectivity index is 2.21. The minimum absolute atomic E-state index is 0.111. The summed E-state index contributed by atoms with van der Waals surface area (Å²) in [6.45, 7) is 9.64. The number of amides is 1. The highest BCUT2D eigenvalue weighted by molar-refractivity contribution is 5.91. The fourth-order valence-electron chi connectivity index (χ4n) is 2.65. The standard InChI is InChI=1S/C15H28N2O3/c1-10(2)17(5)9-7-6-8-16-13(18)11-12(14(19)20)15(11,3)4/h10-12H,6-9H2,1-5H3,(H,16,18)(H,19,20). The zero-order chi connectivity index (χ0) is 15.5. The van der Waals surface area contributed by atoms with E-state index in [2.05, 4.69) is 31.1 Å². The van der Waals surface area contributed by atoms with Crippen molar-refractivity contribution < 1.29 is 14.7 Å². The molecule has 2 unspecified atom stereocenters. The molecule has 5 heteroatoms. The van der Waals surface area contributed by atoms with Crippen LogP contribution in [0.5, 0.6) is 0 Å². The van der Waals surface area contributed by atoms with E-state index in [-0.39, 0.29) is 11.8 Å². The molecule has 0 aliphatic heterocycles. The summed E-state index contributed by atoms with van der Waals surface area (Å²) in [6, 6.07) is 0.535. The SMILES string of the molecule is CC(C)N(C)CCCCNC(=O)C1C(C(=O)O)C1(C)C. The fourth-order valence-corrected chi connectivity index (χ4v) is 2.65. The van der Waals surface area contributed by atoms with Gasteiger partial charge in [-0.1, -0.05) is 13.8 Å². The molecule has 0 heterocycles. The summed E-state index contributed by atoms with van der Waals surface area (Å²) < 4.78 is 0. The van der Waals surface area contributed by atoms with Gasteiger partial charge in [0.15, 0.2) is 0 Å². The van der Waals surface area contributed by atoms with E-state index >= 15 is 0 Å². The maximum atomic E-state index is 12.0. The van der Waals surface area contributed by atoms with Crippen LogP contribution in [0.1, 0.15) is 40.5 Å². The number of aliphatic carboxylic acids is 1. The maximum absolute atomic E-state index is 12.0. The Labute approximate surface area is 121 Å². The molecule has 0 spiro atoms. The second-order valence-corrected chi connectivity index (χ2v) is 6.69. The van der Waals surface area contributed by atoms with Gasteiger partial charge in [-0.15, -0.1) is 0 Å². The molecule has 0 aromatic rings. The Bertz CT molecular complexity index is 366. The Morgan fingerprint density at radius 2 is 1.85 bits per heavy atom. The van der Waals surface area contributed by atoms with Crippen LogP contribution in [-0.2, 0) is 9.59 Å². The Kier molecular flexibility index (Phi) is 5.57. The summed E-state index contributed by atoms with van der Waals surface area (Å²) in [6.07, 6.45) is 1.96. The third kappa shape index (κ3) is 3.95. The lowest BCUT2D eigenvalue weighted by molar-refractivity contribution is -0.140. The number of carbonyl (C=O) groups excluding carboxylic acids is 1. The predicted molar refractivity (Wildman–Crippen MR) is 78.4 cm³/mol. The lowest BCUT2D eigenvalue weighted by Crippen LogP contribution is -2.30. The zero-order valence-electron chi connectivity index (χ0n) is 13.3. The normalized spacial score (nSPS) is 23.9. The van der Waals surface area contributed by atoms with Gasteiger partial charge in [-0.2, -0.15) is 0 Å². The molecule has 1 aliphatic rings. The van der Waals surface area contributed by atoms with Gasteiger partial charge < -0.3 is 15.3 Å². The highest BCUT2D eigenvalue weighted by atomic mass is 16.4. The quantitative estimate of drug-likeness (QED) is 0.664. The van der Waals surface area contributed by atoms with Crippen molar-refractivity contribution in [2.24, 2.45) is 17.3 Å². The average molecular weight is 284 g/mol. The van der Waals surface area contributed by atoms with Gasteiger partial charge in [-0.05, 0) is 45.7 Å². The van der Waals surface area contributed by atoms with E-state index in [1.165, 1.54) is 0 Å². The lowest BCUT2D eigenvalue weighted by Gasteiger charge is -2.20. The molecule has 1 saturated carbocycles. The monoisotopic (exact) mass is 284 g/mol. The van der Waals surface area contributed by atoms with Crippen LogP contribution in [0.2, 0.25) is 0 Å². The molecular formula is C15H28N2O3. The second-order valence-electron chi connectivity index (χ2n) is 6.69. The molecule has 1 aliphatic carbocycles. The van der Waals surface area contributed by atoms with Gasteiger partial charge in [0.25, 0.3) is 0 Å². The maximum Gasteiger partial charge on any atom is 0.307 e. The largest absolute Gasteiger partial charge is 0.481 e. The van der Waals surface area contributed by atoms with Crippen molar-refractivity contribution in [1.29, 1.82) is 0 Å². The van der Waals surface area contributed by atoms with Gasteiger partial charge in [-0.3, -0.25) is 9.59 Å². The summed E-state index contributed by atoms with van der Waals surface area (Å²) in [7, 11) is 2.09. The fraction of sp³-hybridized carbons (Fsp3) is 0.867. The molecule has 5 nitrogen and oxygen atoms in total. The first-order valence-corrected chi connectivity index (χ1v) is 7.40. The van der Waals surface area contributed by atoms with Crippen LogP contribution in [0.3, 0.4) is 0 Å². The number of rotatable bonds is 8. The van der Waals surface area contributed by atoms with E-state index < -0.39 is 17.3 Å². The topological polar surface area (TPSA) is 69.6 Å². The van der Waals surface area contributed by atoms with Gasteiger partial charge >= 0.3 is 5.97 Å². The van der Waals surface area contributed by atoms with Gasteiger partial charge in [-0.25, -0.2) is 0 Å². The van der Waals surface area contributed by atoms with E-state index in [1.807, 2.05) is 13.8 Å². The molecule has 0 bridgehead atoms. The van der Waals surface area contributed by atoms with Crippen molar-refractivity contribution in [2.75, 3.05) is 20.1 Å². The van der Waals surface area contributed by atoms with Crippen LogP contribution in [0, 0.1) is 17.3 Å². The van der Waals surface area contributed by atoms with Gasteiger partial charge in [0.05, 0.1) is 11.8 Å². The number of hydrogen-bond acceptors (Lipinski definition) is 3. The molecule has 0 aromatic heterocycles. The van der Waals surface area contributed by atoms with Crippen LogP contribution >= 0.6 is 0 Å². The van der Waals surface area contributed by atoms with Crippen molar-refractivity contribution in [3.63, 3.8) is 0 Å². The van der Waals surface area contributed by atoms with Gasteiger partial charge in [0, 0.05) is 12.6 Å². The van der Waals surface area contributed by atoms with Crippen molar-refractivity contribution in [2.45, 2.75) is 46.6 Å². The zero-order valence-corrected chi connectivity index (χ0v) is 13.3. The molecule has 0 aromatic carbocycles. The van der Waals surface area contributed by atoms with Crippen LogP contribution in [0.4, 0.5) is 0 Å². The number of carboxylic acids is 1. The molecule has 2 N–H and O–H groups in total. The molecule has 0 saturated heterocycles. The van der Waals surface area contributed by atoms with Gasteiger partial charge in [0.2, 0.25) is 5.91 Å². The molecule has 1 rings (SSSR count). The summed E-state index contributed by atoms with van der Waals surface area (Å²) in [5.41, 5.74) is -0.409. The first-order chi connectivity index (χ1) is 9.19. The summed E-state index contributed by atoms with van der Waals surface area (Å²) >= 11 is 0. The highest BCUT2D eigenvalue weighted by Crippen LogP contribution is 2.58. The summed E-state index contributed by atoms with van der Waals surface area (Å²) in [5.74, 6) is -1.89. The van der Waals surface area contributed by atoms with Crippen LogP contribution in [0.25, 0.3) is 0 Å². The van der Waals surface area contributed by atoms with E-state index in [9.17, 15) is 9.59 Å². The third-order valence-corrected chi connectivity index (χ3v) is 4.49. The summed E-state index contributed by atoms with van der Waals surface area (Å²) in [5, 5.41) is 11.9. The van der Waals surface area contributed by atoms with E-state index in [4.69, 9.17) is 5.11 Å². The van der Waals surface area contributed by atoms with E-state index in [0.717, 1.165) is 19.4 Å². The van der Waals surface area contributed by atoms with E-state index in [1.54, 1.807) is 0 Å². The second kappa shape index (κ2) is 6.57. The van der Waals surface area contributed by atoms with Crippen molar-refractivity contribution in [3.8, 4) is 0 Å².